The number of aromatic nitrogens is 2. The molecule has 1 aliphatic rings. The number of aryl methyl sites for hydroxylation is 1. The Balaban J connectivity index is 1.60. The van der Waals surface area contributed by atoms with Gasteiger partial charge in [0.1, 0.15) is 29.4 Å². The predicted molar refractivity (Wildman–Crippen MR) is 221 cm³/mol. The molecule has 0 unspecified atom stereocenters. The van der Waals surface area contributed by atoms with Gasteiger partial charge in [-0.1, -0.05) is 74.2 Å². The van der Waals surface area contributed by atoms with Crippen LogP contribution in [0.4, 0.5) is 0 Å². The lowest BCUT2D eigenvalue weighted by Gasteiger charge is -2.39. The van der Waals surface area contributed by atoms with Gasteiger partial charge in [0.2, 0.25) is 0 Å². The summed E-state index contributed by atoms with van der Waals surface area (Å²) in [7, 11) is 0.353. The molecule has 4 aromatic rings. The average Bonchev–Trinajstić information content (AvgIpc) is 3.55. The molecule has 1 fully saturated rings. The van der Waals surface area contributed by atoms with E-state index < -0.39 is 51.9 Å². The van der Waals surface area contributed by atoms with E-state index in [1.54, 1.807) is 27.3 Å². The summed E-state index contributed by atoms with van der Waals surface area (Å²) in [6.45, 7) is 17.9. The maximum atomic E-state index is 13.2. The van der Waals surface area contributed by atoms with Crippen molar-refractivity contribution in [3.05, 3.63) is 128 Å². The molecule has 1 saturated heterocycles. The van der Waals surface area contributed by atoms with Gasteiger partial charge in [-0.25, -0.2) is 9.46 Å². The van der Waals surface area contributed by atoms with Crippen molar-refractivity contribution in [3.8, 4) is 11.5 Å². The van der Waals surface area contributed by atoms with Crippen molar-refractivity contribution in [2.45, 2.75) is 103 Å². The zero-order chi connectivity index (χ0) is 39.9. The van der Waals surface area contributed by atoms with Crippen LogP contribution >= 0.6 is 8.53 Å². The third-order valence-electron chi connectivity index (χ3n) is 9.80. The van der Waals surface area contributed by atoms with E-state index in [-0.39, 0.29) is 18.7 Å². The summed E-state index contributed by atoms with van der Waals surface area (Å²) in [4.78, 5) is 28.0. The summed E-state index contributed by atoms with van der Waals surface area (Å²) in [6, 6.07) is 27.1. The normalized spacial score (nSPS) is 18.3. The van der Waals surface area contributed by atoms with Gasteiger partial charge in [0.15, 0.2) is 0 Å². The van der Waals surface area contributed by atoms with Gasteiger partial charge in [-0.3, -0.25) is 14.3 Å². The van der Waals surface area contributed by atoms with Crippen molar-refractivity contribution in [1.82, 2.24) is 14.2 Å². The van der Waals surface area contributed by atoms with Gasteiger partial charge in [-0.05, 0) is 81.6 Å². The molecule has 3 aromatic carbocycles. The number of ether oxygens (including phenoxy) is 4. The SMILES string of the molecule is COc1ccc(C(OC[C@H]2O[C@@H](n3cc(C)c(=O)[nH]c3=O)C[C@@H]2O[P@](OCC[Si](C)(C)C)N(C(C)C)C(C)C)(c2ccccc2)c2ccc(OC)cc2)cc1. The smallest absolute Gasteiger partial charge is 0.330 e. The topological polar surface area (TPSA) is 113 Å². The summed E-state index contributed by atoms with van der Waals surface area (Å²) < 4.78 is 42.6. The number of aromatic amines is 1. The van der Waals surface area contributed by atoms with Crippen molar-refractivity contribution >= 4 is 16.6 Å². The summed E-state index contributed by atoms with van der Waals surface area (Å²) >= 11 is 0. The van der Waals surface area contributed by atoms with Gasteiger partial charge in [0.05, 0.1) is 33.5 Å². The number of hydrogen-bond acceptors (Lipinski definition) is 9. The lowest BCUT2D eigenvalue weighted by Crippen LogP contribution is -2.40. The lowest BCUT2D eigenvalue weighted by molar-refractivity contribution is -0.0925. The minimum Gasteiger partial charge on any atom is -0.497 e. The molecule has 0 bridgehead atoms. The first kappa shape index (κ1) is 42.5. The highest BCUT2D eigenvalue weighted by molar-refractivity contribution is 7.44. The highest BCUT2D eigenvalue weighted by Gasteiger charge is 2.45. The summed E-state index contributed by atoms with van der Waals surface area (Å²) in [6.07, 6.45) is 0.0120. The molecule has 11 nitrogen and oxygen atoms in total. The molecule has 2 heterocycles. The molecule has 0 amide bonds. The molecular formula is C42H58N3O8PSi. The second kappa shape index (κ2) is 18.6. The fourth-order valence-electron chi connectivity index (χ4n) is 6.88. The Labute approximate surface area is 327 Å². The van der Waals surface area contributed by atoms with Crippen LogP contribution < -0.4 is 20.7 Å². The van der Waals surface area contributed by atoms with Crippen LogP contribution in [0, 0.1) is 6.92 Å². The van der Waals surface area contributed by atoms with Gasteiger partial charge < -0.3 is 28.0 Å². The number of nitrogens with one attached hydrogen (secondary N) is 1. The molecule has 1 N–H and O–H groups in total. The van der Waals surface area contributed by atoms with Crippen LogP contribution in [0.25, 0.3) is 0 Å². The molecule has 0 radical (unpaired) electrons. The van der Waals surface area contributed by atoms with Crippen LogP contribution in [0.2, 0.25) is 25.7 Å². The molecule has 55 heavy (non-hydrogen) atoms. The van der Waals surface area contributed by atoms with E-state index in [1.807, 2.05) is 66.7 Å². The van der Waals surface area contributed by atoms with Gasteiger partial charge in [0.25, 0.3) is 14.1 Å². The maximum Gasteiger partial charge on any atom is 0.330 e. The minimum absolute atomic E-state index is 0.0899. The van der Waals surface area contributed by atoms with E-state index in [1.165, 1.54) is 4.57 Å². The quantitative estimate of drug-likeness (QED) is 0.0605. The Morgan fingerprint density at radius 3 is 1.93 bits per heavy atom. The van der Waals surface area contributed by atoms with Gasteiger partial charge >= 0.3 is 5.69 Å². The number of methoxy groups -OCH3 is 2. The van der Waals surface area contributed by atoms with Crippen molar-refractivity contribution < 1.29 is 28.0 Å². The van der Waals surface area contributed by atoms with E-state index in [0.717, 1.165) is 34.2 Å². The highest BCUT2D eigenvalue weighted by Crippen LogP contribution is 2.51. The molecular weight excluding hydrogens is 734 g/mol. The van der Waals surface area contributed by atoms with Crippen molar-refractivity contribution in [1.29, 1.82) is 0 Å². The Morgan fingerprint density at radius 1 is 0.873 bits per heavy atom. The number of benzene rings is 3. The third kappa shape index (κ3) is 10.2. The second-order valence-corrected chi connectivity index (χ2v) is 22.8. The first-order valence-electron chi connectivity index (χ1n) is 19.0. The number of H-pyrrole nitrogens is 1. The van der Waals surface area contributed by atoms with Crippen molar-refractivity contribution in [2.75, 3.05) is 27.4 Å². The van der Waals surface area contributed by atoms with E-state index >= 15 is 0 Å². The Hall–Kier alpha value is -3.61. The molecule has 0 aliphatic carbocycles. The predicted octanol–water partition coefficient (Wildman–Crippen LogP) is 8.24. The largest absolute Gasteiger partial charge is 0.497 e. The number of hydrogen-bond donors (Lipinski definition) is 1. The van der Waals surface area contributed by atoms with Crippen LogP contribution in [-0.4, -0.2) is 74.0 Å². The lowest BCUT2D eigenvalue weighted by atomic mass is 9.80. The molecule has 1 aliphatic heterocycles. The zero-order valence-electron chi connectivity index (χ0n) is 33.9. The number of rotatable bonds is 18. The fraction of sp³-hybridized carbons (Fsp3) is 0.476. The van der Waals surface area contributed by atoms with E-state index in [4.69, 9.17) is 28.0 Å². The first-order valence-corrected chi connectivity index (χ1v) is 23.8. The molecule has 5 rings (SSSR count). The van der Waals surface area contributed by atoms with E-state index in [0.29, 0.717) is 18.6 Å². The Morgan fingerprint density at radius 2 is 1.42 bits per heavy atom. The molecule has 0 saturated carbocycles. The van der Waals surface area contributed by atoms with Crippen molar-refractivity contribution in [3.63, 3.8) is 0 Å². The van der Waals surface area contributed by atoms with Crippen LogP contribution in [0.15, 0.2) is 94.6 Å². The average molecular weight is 792 g/mol. The zero-order valence-corrected chi connectivity index (χ0v) is 35.8. The molecule has 1 aromatic heterocycles. The highest BCUT2D eigenvalue weighted by atomic mass is 31.2. The van der Waals surface area contributed by atoms with Crippen LogP contribution in [-0.2, 0) is 24.1 Å². The Kier molecular flexibility index (Phi) is 14.3. The summed E-state index contributed by atoms with van der Waals surface area (Å²) in [5, 5.41) is 0. The van der Waals surface area contributed by atoms with Crippen molar-refractivity contribution in [2.24, 2.45) is 0 Å². The second-order valence-electron chi connectivity index (χ2n) is 15.8. The van der Waals surface area contributed by atoms with Gasteiger partial charge in [-0.2, -0.15) is 0 Å². The molecule has 4 atom stereocenters. The monoisotopic (exact) mass is 791 g/mol. The number of nitrogens with zero attached hydrogens (tertiary/aromatic N) is 2. The summed E-state index contributed by atoms with van der Waals surface area (Å²) in [5.41, 5.74) is 1.01. The van der Waals surface area contributed by atoms with Crippen LogP contribution in [0.1, 0.15) is 62.6 Å². The molecule has 0 spiro atoms. The molecule has 13 heteroatoms. The van der Waals surface area contributed by atoms with Crippen LogP contribution in [0.3, 0.4) is 0 Å². The minimum atomic E-state index is -1.54. The van der Waals surface area contributed by atoms with Gasteiger partial charge in [0, 0.05) is 38.3 Å². The van der Waals surface area contributed by atoms with Crippen LogP contribution in [0.5, 0.6) is 11.5 Å². The fourth-order valence-corrected chi connectivity index (χ4v) is 9.53. The van der Waals surface area contributed by atoms with Gasteiger partial charge in [-0.15, -0.1) is 0 Å². The third-order valence-corrected chi connectivity index (χ3v) is 13.7. The molecule has 298 valence electrons. The standard InChI is InChI=1S/C42H58N3O8PSi/c1-29(2)45(30(3)4)54(51-24-25-55(8,9)10)53-37-26-39(44-27-31(5)40(46)43-41(44)47)52-38(37)28-50-42(32-14-12-11-13-15-32,33-16-20-35(48-6)21-17-33)34-18-22-36(49-7)23-19-34/h11-23,27,29-30,37-39H,24-26,28H2,1-10H3,(H,43,46,47)/t37-,38+,39+,54-/m0/s1. The summed E-state index contributed by atoms with van der Waals surface area (Å²) in [5.74, 6) is 1.44. The first-order chi connectivity index (χ1) is 26.2. The maximum absolute atomic E-state index is 13.2. The Bertz CT molecular complexity index is 1870. The van der Waals surface area contributed by atoms with E-state index in [2.05, 4.69) is 69.1 Å². The van der Waals surface area contributed by atoms with E-state index in [9.17, 15) is 9.59 Å².